The number of nitrogens with one attached hydrogen (secondary N) is 1. The Labute approximate surface area is 219 Å². The molecule has 0 aliphatic carbocycles. The number of hydrogen-bond acceptors (Lipinski definition) is 3. The van der Waals surface area contributed by atoms with Crippen LogP contribution >= 0.6 is 34.8 Å². The van der Waals surface area contributed by atoms with Crippen LogP contribution in [0, 0.1) is 0 Å². The van der Waals surface area contributed by atoms with E-state index in [1.54, 1.807) is 28.9 Å². The number of halogens is 3. The molecular formula is C27H24Cl3N3O2. The van der Waals surface area contributed by atoms with E-state index in [1.165, 1.54) is 0 Å². The monoisotopic (exact) mass is 527 g/mol. The largest absolute Gasteiger partial charge is 0.493 e. The minimum Gasteiger partial charge on any atom is -0.493 e. The molecule has 0 bridgehead atoms. The smallest absolute Gasteiger partial charge is 0.253 e. The van der Waals surface area contributed by atoms with Crippen molar-refractivity contribution < 1.29 is 9.53 Å². The zero-order chi connectivity index (χ0) is 24.9. The average Bonchev–Trinajstić information content (AvgIpc) is 3.12. The number of carbonyl (C=O) groups excluding carboxylic acids is 1. The van der Waals surface area contributed by atoms with E-state index >= 15 is 0 Å². The van der Waals surface area contributed by atoms with Crippen LogP contribution in [-0.4, -0.2) is 22.1 Å². The first-order valence-electron chi connectivity index (χ1n) is 11.3. The summed E-state index contributed by atoms with van der Waals surface area (Å²) in [6, 6.07) is 14.8. The number of carbonyl (C=O) groups is 1. The van der Waals surface area contributed by atoms with Gasteiger partial charge in [0.1, 0.15) is 5.75 Å². The van der Waals surface area contributed by atoms with Gasteiger partial charge in [0.05, 0.1) is 40.6 Å². The molecule has 0 fully saturated rings. The Bertz CT molecular complexity index is 1440. The second-order valence-electron chi connectivity index (χ2n) is 9.68. The first-order valence-corrected chi connectivity index (χ1v) is 12.5. The molecule has 0 unspecified atom stereocenters. The number of benzene rings is 2. The molecule has 0 saturated heterocycles. The van der Waals surface area contributed by atoms with Gasteiger partial charge in [-0.05, 0) is 41.3 Å². The number of ether oxygens (including phenoxy) is 1. The number of nitrogens with zero attached hydrogens (tertiary/aromatic N) is 2. The third kappa shape index (κ3) is 4.49. The summed E-state index contributed by atoms with van der Waals surface area (Å²) in [4.78, 5) is 13.6. The van der Waals surface area contributed by atoms with E-state index in [4.69, 9.17) is 39.5 Å². The molecule has 1 amide bonds. The number of hydrogen-bond donors (Lipinski definition) is 1. The Balaban J connectivity index is 1.61. The highest BCUT2D eigenvalue weighted by molar-refractivity contribution is 6.36. The van der Waals surface area contributed by atoms with Gasteiger partial charge in [0.25, 0.3) is 5.91 Å². The number of para-hydroxylation sites is 1. The van der Waals surface area contributed by atoms with Crippen LogP contribution in [0.4, 0.5) is 0 Å². The number of rotatable bonds is 3. The average molecular weight is 529 g/mol. The molecule has 1 aliphatic rings. The zero-order valence-electron chi connectivity index (χ0n) is 19.5. The summed E-state index contributed by atoms with van der Waals surface area (Å²) in [7, 11) is 0. The summed E-state index contributed by atoms with van der Waals surface area (Å²) < 4.78 is 7.51. The Morgan fingerprint density at radius 1 is 1.09 bits per heavy atom. The van der Waals surface area contributed by atoms with Crippen molar-refractivity contribution in [3.8, 4) is 17.0 Å². The van der Waals surface area contributed by atoms with E-state index in [0.717, 1.165) is 28.0 Å². The minimum absolute atomic E-state index is 0.143. The number of fused-ring (bicyclic) bond motifs is 2. The van der Waals surface area contributed by atoms with E-state index in [9.17, 15) is 4.79 Å². The van der Waals surface area contributed by atoms with Crippen molar-refractivity contribution in [2.24, 2.45) is 0 Å². The Hall–Kier alpha value is -2.73. The maximum atomic E-state index is 13.6. The molecule has 0 saturated carbocycles. The van der Waals surface area contributed by atoms with Gasteiger partial charge in [0.15, 0.2) is 0 Å². The molecule has 2 aromatic carbocycles. The molecule has 1 aliphatic heterocycles. The van der Waals surface area contributed by atoms with Crippen LogP contribution in [0.2, 0.25) is 15.1 Å². The molecule has 3 heterocycles. The normalized spacial score (nSPS) is 15.5. The lowest BCUT2D eigenvalue weighted by atomic mass is 9.83. The van der Waals surface area contributed by atoms with Crippen LogP contribution in [0.15, 0.2) is 54.7 Å². The fraction of sp³-hybridized carbons (Fsp3) is 0.259. The molecule has 2 aromatic heterocycles. The molecule has 35 heavy (non-hydrogen) atoms. The second-order valence-corrected chi connectivity index (χ2v) is 11.0. The maximum absolute atomic E-state index is 13.6. The van der Waals surface area contributed by atoms with Gasteiger partial charge in [0.2, 0.25) is 0 Å². The fourth-order valence-corrected chi connectivity index (χ4v) is 5.54. The van der Waals surface area contributed by atoms with Gasteiger partial charge in [-0.25, -0.2) is 4.52 Å². The number of amides is 1. The van der Waals surface area contributed by atoms with Crippen molar-refractivity contribution in [2.45, 2.75) is 38.6 Å². The van der Waals surface area contributed by atoms with Crippen LogP contribution in [0.5, 0.6) is 5.75 Å². The van der Waals surface area contributed by atoms with Crippen molar-refractivity contribution in [2.75, 3.05) is 6.61 Å². The predicted octanol–water partition coefficient (Wildman–Crippen LogP) is 7.51. The summed E-state index contributed by atoms with van der Waals surface area (Å²) in [5, 5.41) is 9.33. The lowest BCUT2D eigenvalue weighted by Crippen LogP contribution is -2.34. The van der Waals surface area contributed by atoms with Gasteiger partial charge >= 0.3 is 0 Å². The molecule has 4 aromatic rings. The van der Waals surface area contributed by atoms with Crippen LogP contribution in [0.3, 0.4) is 0 Å². The molecule has 5 rings (SSSR count). The van der Waals surface area contributed by atoms with E-state index in [-0.39, 0.29) is 17.4 Å². The topological polar surface area (TPSA) is 55.6 Å². The van der Waals surface area contributed by atoms with Crippen LogP contribution in [-0.2, 0) is 5.41 Å². The Kier molecular flexibility index (Phi) is 6.20. The van der Waals surface area contributed by atoms with Gasteiger partial charge in [0, 0.05) is 27.6 Å². The highest BCUT2D eigenvalue weighted by Crippen LogP contribution is 2.39. The Morgan fingerprint density at radius 2 is 1.80 bits per heavy atom. The third-order valence-electron chi connectivity index (χ3n) is 6.15. The zero-order valence-corrected chi connectivity index (χ0v) is 21.8. The number of aromatic nitrogens is 2. The lowest BCUT2D eigenvalue weighted by Gasteiger charge is -2.28. The van der Waals surface area contributed by atoms with Crippen molar-refractivity contribution in [1.82, 2.24) is 14.9 Å². The molecule has 5 nitrogen and oxygen atoms in total. The molecule has 8 heteroatoms. The highest BCUT2D eigenvalue weighted by atomic mass is 35.5. The minimum atomic E-state index is -0.366. The molecule has 180 valence electrons. The van der Waals surface area contributed by atoms with E-state index < -0.39 is 0 Å². The van der Waals surface area contributed by atoms with E-state index in [2.05, 4.69) is 31.2 Å². The van der Waals surface area contributed by atoms with Crippen molar-refractivity contribution in [3.05, 3.63) is 86.5 Å². The van der Waals surface area contributed by atoms with Crippen LogP contribution in [0.1, 0.15) is 54.7 Å². The van der Waals surface area contributed by atoms with E-state index in [0.29, 0.717) is 39.4 Å². The first-order chi connectivity index (χ1) is 16.6. The summed E-state index contributed by atoms with van der Waals surface area (Å²) in [6.45, 7) is 6.75. The van der Waals surface area contributed by atoms with Crippen molar-refractivity contribution >= 4 is 46.2 Å². The van der Waals surface area contributed by atoms with Gasteiger partial charge in [-0.15, -0.1) is 0 Å². The molecule has 0 spiro atoms. The van der Waals surface area contributed by atoms with Gasteiger partial charge in [-0.1, -0.05) is 73.8 Å². The van der Waals surface area contributed by atoms with Crippen molar-refractivity contribution in [3.63, 3.8) is 0 Å². The fourth-order valence-electron chi connectivity index (χ4n) is 4.73. The Morgan fingerprint density at radius 3 is 2.51 bits per heavy atom. The van der Waals surface area contributed by atoms with Crippen LogP contribution < -0.4 is 10.1 Å². The van der Waals surface area contributed by atoms with Gasteiger partial charge < -0.3 is 10.1 Å². The van der Waals surface area contributed by atoms with Gasteiger partial charge in [-0.2, -0.15) is 5.10 Å². The summed E-state index contributed by atoms with van der Waals surface area (Å²) >= 11 is 19.2. The highest BCUT2D eigenvalue weighted by Gasteiger charge is 2.30. The molecule has 1 atom stereocenters. The second kappa shape index (κ2) is 9.05. The quantitative estimate of drug-likeness (QED) is 0.299. The lowest BCUT2D eigenvalue weighted by molar-refractivity contribution is 0.0922. The molecule has 1 N–H and O–H groups in total. The first kappa shape index (κ1) is 24.0. The summed E-state index contributed by atoms with van der Waals surface area (Å²) in [5.74, 6) is 0.619. The van der Waals surface area contributed by atoms with E-state index in [1.807, 2.05) is 30.3 Å². The summed E-state index contributed by atoms with van der Waals surface area (Å²) in [6.07, 6.45) is 2.31. The molecule has 0 radical (unpaired) electrons. The third-order valence-corrected chi connectivity index (χ3v) is 6.88. The van der Waals surface area contributed by atoms with Crippen molar-refractivity contribution in [1.29, 1.82) is 0 Å². The summed E-state index contributed by atoms with van der Waals surface area (Å²) in [5.41, 5.74) is 4.15. The molecular weight excluding hydrogens is 505 g/mol. The predicted molar refractivity (Wildman–Crippen MR) is 141 cm³/mol. The van der Waals surface area contributed by atoms with Crippen LogP contribution in [0.25, 0.3) is 16.8 Å². The standard InChI is InChI=1S/C27H24Cl3N3O2/c1-27(2,3)24-19(26(34)32-21-8-9-35-23-7-5-4-6-18(21)23)14-31-33-22(24)13-20(30)25(33)15-10-16(28)12-17(29)11-15/h4-7,10-14,21H,8-9H2,1-3H3,(H,32,34)/t21-/m0/s1. The maximum Gasteiger partial charge on any atom is 0.253 e. The SMILES string of the molecule is CC(C)(C)c1c(C(=O)N[C@H]2CCOc3ccccc32)cnn2c(-c3cc(Cl)cc(Cl)c3)c(Cl)cc12. The van der Waals surface area contributed by atoms with Gasteiger partial charge in [-0.3, -0.25) is 4.79 Å².